The van der Waals surface area contributed by atoms with Gasteiger partial charge in [0.15, 0.2) is 10.9 Å². The number of nitro groups is 1. The van der Waals surface area contributed by atoms with Gasteiger partial charge in [0.2, 0.25) is 0 Å². The Hall–Kier alpha value is -3.53. The number of aromatic nitrogens is 1. The lowest BCUT2D eigenvalue weighted by Gasteiger charge is -2.00. The van der Waals surface area contributed by atoms with Gasteiger partial charge in [-0.15, -0.1) is 11.3 Å². The summed E-state index contributed by atoms with van der Waals surface area (Å²) in [6.45, 7) is 2.00. The second-order valence-electron chi connectivity index (χ2n) is 5.52. The zero-order chi connectivity index (χ0) is 20.1. The molecule has 0 aliphatic carbocycles. The molecule has 1 aromatic carbocycles. The number of amides is 1. The molecule has 0 bridgehead atoms. The molecule has 2 heterocycles. The van der Waals surface area contributed by atoms with E-state index in [0.717, 1.165) is 11.3 Å². The lowest BCUT2D eigenvalue weighted by Crippen LogP contribution is -2.11. The highest BCUT2D eigenvalue weighted by Gasteiger charge is 2.20. The van der Waals surface area contributed by atoms with Crippen molar-refractivity contribution < 1.29 is 23.7 Å². The first-order valence-electron chi connectivity index (χ1n) is 8.23. The molecule has 0 fully saturated rings. The quantitative estimate of drug-likeness (QED) is 0.364. The Balaban J connectivity index is 1.71. The minimum Gasteiger partial charge on any atom is -0.466 e. The third-order valence-corrected chi connectivity index (χ3v) is 4.41. The number of hydrogen-bond acceptors (Lipinski definition) is 8. The zero-order valence-electron chi connectivity index (χ0n) is 14.7. The molecule has 0 saturated carbocycles. The summed E-state index contributed by atoms with van der Waals surface area (Å²) in [5, 5.41) is 15.7. The number of para-hydroxylation sites is 1. The van der Waals surface area contributed by atoms with Crippen LogP contribution in [0.25, 0.3) is 11.3 Å². The van der Waals surface area contributed by atoms with Crippen LogP contribution in [0.3, 0.4) is 0 Å². The van der Waals surface area contributed by atoms with Gasteiger partial charge in [-0.3, -0.25) is 25.0 Å². The summed E-state index contributed by atoms with van der Waals surface area (Å²) in [6, 6.07) is 9.01. The number of ether oxygens (including phenoxy) is 1. The first-order chi connectivity index (χ1) is 13.5. The van der Waals surface area contributed by atoms with Gasteiger partial charge >= 0.3 is 5.97 Å². The first-order valence-corrected chi connectivity index (χ1v) is 9.11. The molecular formula is C18H15N3O6S. The summed E-state index contributed by atoms with van der Waals surface area (Å²) in [5.41, 5.74) is 0.642. The van der Waals surface area contributed by atoms with Crippen molar-refractivity contribution in [2.24, 2.45) is 0 Å². The SMILES string of the molecule is CCOC(=O)Cc1csc(NC(=O)c2ccc(-c3ccccc3[N+](=O)[O-])o2)n1. The highest BCUT2D eigenvalue weighted by atomic mass is 32.1. The zero-order valence-corrected chi connectivity index (χ0v) is 15.5. The predicted molar refractivity (Wildman–Crippen MR) is 101 cm³/mol. The van der Waals surface area contributed by atoms with Gasteiger partial charge in [0.05, 0.1) is 29.2 Å². The number of anilines is 1. The molecule has 10 heteroatoms. The molecule has 1 N–H and O–H groups in total. The van der Waals surface area contributed by atoms with E-state index in [9.17, 15) is 19.7 Å². The fraction of sp³-hybridized carbons (Fsp3) is 0.167. The number of nitrogens with zero attached hydrogens (tertiary/aromatic N) is 2. The molecule has 9 nitrogen and oxygen atoms in total. The fourth-order valence-electron chi connectivity index (χ4n) is 2.41. The lowest BCUT2D eigenvalue weighted by atomic mass is 10.1. The number of carbonyl (C=O) groups excluding carboxylic acids is 2. The van der Waals surface area contributed by atoms with Crippen LogP contribution in [0.2, 0.25) is 0 Å². The number of rotatable bonds is 7. The third kappa shape index (κ3) is 4.41. The van der Waals surface area contributed by atoms with E-state index < -0.39 is 16.8 Å². The molecule has 0 spiro atoms. The summed E-state index contributed by atoms with van der Waals surface area (Å²) in [6.07, 6.45) is 0.0167. The highest BCUT2D eigenvalue weighted by molar-refractivity contribution is 7.14. The largest absolute Gasteiger partial charge is 0.466 e. The maximum atomic E-state index is 12.3. The Morgan fingerprint density at radius 3 is 2.82 bits per heavy atom. The van der Waals surface area contributed by atoms with Crippen LogP contribution in [-0.4, -0.2) is 28.4 Å². The van der Waals surface area contributed by atoms with Gasteiger partial charge in [0.25, 0.3) is 11.6 Å². The van der Waals surface area contributed by atoms with Crippen molar-refractivity contribution in [1.29, 1.82) is 0 Å². The van der Waals surface area contributed by atoms with E-state index in [1.807, 2.05) is 0 Å². The van der Waals surface area contributed by atoms with Crippen LogP contribution in [0.1, 0.15) is 23.2 Å². The van der Waals surface area contributed by atoms with Crippen molar-refractivity contribution >= 4 is 34.0 Å². The van der Waals surface area contributed by atoms with E-state index in [0.29, 0.717) is 10.8 Å². The van der Waals surface area contributed by atoms with E-state index in [4.69, 9.17) is 9.15 Å². The van der Waals surface area contributed by atoms with Gasteiger partial charge < -0.3 is 9.15 Å². The number of nitro benzene ring substituents is 1. The van der Waals surface area contributed by atoms with E-state index in [2.05, 4.69) is 10.3 Å². The van der Waals surface area contributed by atoms with Gasteiger partial charge in [-0.1, -0.05) is 12.1 Å². The smallest absolute Gasteiger partial charge is 0.311 e. The van der Waals surface area contributed by atoms with Crippen LogP contribution in [-0.2, 0) is 16.0 Å². The average molecular weight is 401 g/mol. The maximum absolute atomic E-state index is 12.3. The summed E-state index contributed by atoms with van der Waals surface area (Å²) < 4.78 is 10.3. The topological polar surface area (TPSA) is 125 Å². The molecule has 0 atom stereocenters. The van der Waals surface area contributed by atoms with Gasteiger partial charge in [0.1, 0.15) is 5.76 Å². The van der Waals surface area contributed by atoms with Gasteiger partial charge in [0, 0.05) is 11.4 Å². The lowest BCUT2D eigenvalue weighted by molar-refractivity contribution is -0.384. The second kappa shape index (κ2) is 8.44. The van der Waals surface area contributed by atoms with Crippen molar-refractivity contribution in [2.45, 2.75) is 13.3 Å². The summed E-state index contributed by atoms with van der Waals surface area (Å²) in [7, 11) is 0. The maximum Gasteiger partial charge on any atom is 0.311 e. The van der Waals surface area contributed by atoms with E-state index in [1.165, 1.54) is 18.2 Å². The van der Waals surface area contributed by atoms with Crippen molar-refractivity contribution in [3.8, 4) is 11.3 Å². The fourth-order valence-corrected chi connectivity index (χ4v) is 3.12. The molecule has 0 aliphatic rings. The number of hydrogen-bond donors (Lipinski definition) is 1. The second-order valence-corrected chi connectivity index (χ2v) is 6.38. The Bertz CT molecular complexity index is 1030. The molecule has 28 heavy (non-hydrogen) atoms. The molecule has 0 unspecified atom stereocenters. The number of carbonyl (C=O) groups is 2. The Labute approximate surface area is 163 Å². The number of esters is 1. The van der Waals surface area contributed by atoms with Crippen LogP contribution in [0, 0.1) is 10.1 Å². The van der Waals surface area contributed by atoms with Crippen molar-refractivity contribution in [2.75, 3.05) is 11.9 Å². The van der Waals surface area contributed by atoms with Crippen LogP contribution in [0.5, 0.6) is 0 Å². The number of nitrogens with one attached hydrogen (secondary N) is 1. The van der Waals surface area contributed by atoms with Crippen molar-refractivity contribution in [1.82, 2.24) is 4.98 Å². The van der Waals surface area contributed by atoms with Crippen molar-refractivity contribution in [3.05, 3.63) is 63.3 Å². The predicted octanol–water partition coefficient (Wildman–Crippen LogP) is 3.67. The molecule has 0 radical (unpaired) electrons. The number of benzene rings is 1. The first kappa shape index (κ1) is 19.2. The molecule has 3 rings (SSSR count). The summed E-state index contributed by atoms with van der Waals surface area (Å²) in [4.78, 5) is 38.6. The minimum absolute atomic E-state index is 0.0167. The van der Waals surface area contributed by atoms with Crippen LogP contribution >= 0.6 is 11.3 Å². The Morgan fingerprint density at radius 2 is 2.07 bits per heavy atom. The van der Waals surface area contributed by atoms with Crippen LogP contribution < -0.4 is 5.32 Å². The molecule has 3 aromatic rings. The number of furan rings is 1. The Morgan fingerprint density at radius 1 is 1.29 bits per heavy atom. The van der Waals surface area contributed by atoms with Gasteiger partial charge in [-0.05, 0) is 25.1 Å². The summed E-state index contributed by atoms with van der Waals surface area (Å²) >= 11 is 1.16. The van der Waals surface area contributed by atoms with E-state index in [-0.39, 0.29) is 35.8 Å². The van der Waals surface area contributed by atoms with Crippen LogP contribution in [0.15, 0.2) is 46.2 Å². The van der Waals surface area contributed by atoms with Gasteiger partial charge in [-0.25, -0.2) is 4.98 Å². The molecule has 0 aliphatic heterocycles. The van der Waals surface area contributed by atoms with Crippen LogP contribution in [0.4, 0.5) is 10.8 Å². The normalized spacial score (nSPS) is 10.5. The Kier molecular flexibility index (Phi) is 5.80. The third-order valence-electron chi connectivity index (χ3n) is 3.60. The average Bonchev–Trinajstić information content (AvgIpc) is 3.31. The molecule has 144 valence electrons. The molecule has 0 saturated heterocycles. The monoisotopic (exact) mass is 401 g/mol. The minimum atomic E-state index is -0.554. The standard InChI is InChI=1S/C18H15N3O6S/c1-2-26-16(22)9-11-10-28-18(19-11)20-17(23)15-8-7-14(27-15)12-5-3-4-6-13(12)21(24)25/h3-8,10H,2,9H2,1H3,(H,19,20,23). The highest BCUT2D eigenvalue weighted by Crippen LogP contribution is 2.31. The molecule has 1 amide bonds. The molecular weight excluding hydrogens is 386 g/mol. The summed E-state index contributed by atoms with van der Waals surface area (Å²) in [5.74, 6) is -0.762. The van der Waals surface area contributed by atoms with E-state index >= 15 is 0 Å². The number of thiazole rings is 1. The van der Waals surface area contributed by atoms with Crippen molar-refractivity contribution in [3.63, 3.8) is 0 Å². The molecule has 2 aromatic heterocycles. The van der Waals surface area contributed by atoms with E-state index in [1.54, 1.807) is 30.5 Å². The van der Waals surface area contributed by atoms with Gasteiger partial charge in [-0.2, -0.15) is 0 Å².